The number of methoxy groups -OCH3 is 1. The fourth-order valence-corrected chi connectivity index (χ4v) is 5.13. The van der Waals surface area contributed by atoms with Crippen LogP contribution in [0.4, 0.5) is 10.5 Å². The van der Waals surface area contributed by atoms with E-state index < -0.39 is 16.1 Å². The molecule has 8 heteroatoms. The van der Waals surface area contributed by atoms with E-state index in [1.807, 2.05) is 0 Å². The molecular formula is C17H25N3O4S. The maximum atomic E-state index is 12.8. The van der Waals surface area contributed by atoms with E-state index in [2.05, 4.69) is 15.4 Å². The zero-order chi connectivity index (χ0) is 17.9. The SMILES string of the molecule is COC(=O)Nc1ccc(S(=O)(=O)N2CCC3(CCNCC3)CC2)cc1. The van der Waals surface area contributed by atoms with Crippen molar-refractivity contribution < 1.29 is 17.9 Å². The minimum Gasteiger partial charge on any atom is -0.453 e. The Morgan fingerprint density at radius 3 is 2.28 bits per heavy atom. The van der Waals surface area contributed by atoms with E-state index in [1.165, 1.54) is 19.2 Å². The molecule has 0 bridgehead atoms. The van der Waals surface area contributed by atoms with Crippen LogP contribution in [0, 0.1) is 5.41 Å². The largest absolute Gasteiger partial charge is 0.453 e. The maximum Gasteiger partial charge on any atom is 0.411 e. The molecule has 2 N–H and O–H groups in total. The van der Waals surface area contributed by atoms with Crippen LogP contribution >= 0.6 is 0 Å². The van der Waals surface area contributed by atoms with Crippen LogP contribution < -0.4 is 10.6 Å². The highest BCUT2D eigenvalue weighted by atomic mass is 32.2. The van der Waals surface area contributed by atoms with Gasteiger partial charge in [0.05, 0.1) is 12.0 Å². The summed E-state index contributed by atoms with van der Waals surface area (Å²) < 4.78 is 31.8. The fraction of sp³-hybridized carbons (Fsp3) is 0.588. The molecule has 25 heavy (non-hydrogen) atoms. The molecule has 2 fully saturated rings. The molecule has 7 nitrogen and oxygen atoms in total. The van der Waals surface area contributed by atoms with E-state index in [9.17, 15) is 13.2 Å². The monoisotopic (exact) mass is 367 g/mol. The number of nitrogens with one attached hydrogen (secondary N) is 2. The highest BCUT2D eigenvalue weighted by molar-refractivity contribution is 7.89. The lowest BCUT2D eigenvalue weighted by Crippen LogP contribution is -2.47. The lowest BCUT2D eigenvalue weighted by Gasteiger charge is -2.43. The Balaban J connectivity index is 1.66. The van der Waals surface area contributed by atoms with Crippen molar-refractivity contribution in [1.82, 2.24) is 9.62 Å². The van der Waals surface area contributed by atoms with Gasteiger partial charge < -0.3 is 10.1 Å². The highest BCUT2D eigenvalue weighted by Crippen LogP contribution is 2.40. The standard InChI is InChI=1S/C17H25N3O4S/c1-24-16(21)19-14-2-4-15(5-3-14)25(22,23)20-12-8-17(9-13-20)6-10-18-11-7-17/h2-5,18H,6-13H2,1H3,(H,19,21). The van der Waals surface area contributed by atoms with E-state index in [0.29, 0.717) is 24.2 Å². The summed E-state index contributed by atoms with van der Waals surface area (Å²) in [4.78, 5) is 11.4. The van der Waals surface area contributed by atoms with Crippen molar-refractivity contribution in [3.8, 4) is 0 Å². The van der Waals surface area contributed by atoms with Gasteiger partial charge in [0, 0.05) is 18.8 Å². The third-order valence-corrected chi connectivity index (χ3v) is 7.28. The van der Waals surface area contributed by atoms with Gasteiger partial charge in [0.1, 0.15) is 0 Å². The van der Waals surface area contributed by atoms with Gasteiger partial charge in [-0.05, 0) is 68.5 Å². The Morgan fingerprint density at radius 1 is 1.12 bits per heavy atom. The molecule has 0 saturated carbocycles. The first-order valence-electron chi connectivity index (χ1n) is 8.61. The normalized spacial score (nSPS) is 21.0. The van der Waals surface area contributed by atoms with Gasteiger partial charge in [0.25, 0.3) is 0 Å². The van der Waals surface area contributed by atoms with Gasteiger partial charge in [-0.3, -0.25) is 5.32 Å². The molecule has 1 spiro atoms. The molecule has 2 aliphatic heterocycles. The molecule has 1 amide bonds. The maximum absolute atomic E-state index is 12.8. The van der Waals surface area contributed by atoms with Crippen LogP contribution in [0.15, 0.2) is 29.2 Å². The van der Waals surface area contributed by atoms with E-state index in [4.69, 9.17) is 0 Å². The summed E-state index contributed by atoms with van der Waals surface area (Å²) in [5.74, 6) is 0. The molecular weight excluding hydrogens is 342 g/mol. The second-order valence-corrected chi connectivity index (χ2v) is 8.73. The van der Waals surface area contributed by atoms with Crippen molar-refractivity contribution in [2.24, 2.45) is 5.41 Å². The Hall–Kier alpha value is -1.64. The van der Waals surface area contributed by atoms with Crippen molar-refractivity contribution in [1.29, 1.82) is 0 Å². The number of sulfonamides is 1. The average molecular weight is 367 g/mol. The van der Waals surface area contributed by atoms with Gasteiger partial charge in [-0.25, -0.2) is 13.2 Å². The minimum atomic E-state index is -3.49. The molecule has 1 aromatic carbocycles. The summed E-state index contributed by atoms with van der Waals surface area (Å²) in [6.07, 6.45) is 3.54. The quantitative estimate of drug-likeness (QED) is 0.853. The van der Waals surface area contributed by atoms with Crippen molar-refractivity contribution in [2.75, 3.05) is 38.6 Å². The lowest BCUT2D eigenvalue weighted by atomic mass is 9.72. The van der Waals surface area contributed by atoms with E-state index in [-0.39, 0.29) is 4.90 Å². The molecule has 0 atom stereocenters. The zero-order valence-corrected chi connectivity index (χ0v) is 15.3. The van der Waals surface area contributed by atoms with E-state index in [1.54, 1.807) is 16.4 Å². The summed E-state index contributed by atoms with van der Waals surface area (Å²) in [6, 6.07) is 6.19. The van der Waals surface area contributed by atoms with Gasteiger partial charge in [-0.2, -0.15) is 4.31 Å². The van der Waals surface area contributed by atoms with Crippen LogP contribution in [0.1, 0.15) is 25.7 Å². The zero-order valence-electron chi connectivity index (χ0n) is 14.5. The molecule has 2 saturated heterocycles. The van der Waals surface area contributed by atoms with Crippen LogP contribution in [0.25, 0.3) is 0 Å². The number of nitrogens with zero attached hydrogens (tertiary/aromatic N) is 1. The number of anilines is 1. The number of hydrogen-bond acceptors (Lipinski definition) is 5. The van der Waals surface area contributed by atoms with Crippen LogP contribution in [0.3, 0.4) is 0 Å². The molecule has 0 aliphatic carbocycles. The Morgan fingerprint density at radius 2 is 1.72 bits per heavy atom. The van der Waals surface area contributed by atoms with Gasteiger partial charge in [-0.15, -0.1) is 0 Å². The van der Waals surface area contributed by atoms with Gasteiger partial charge >= 0.3 is 6.09 Å². The smallest absolute Gasteiger partial charge is 0.411 e. The molecule has 138 valence electrons. The Bertz CT molecular complexity index is 702. The first-order chi connectivity index (χ1) is 12.0. The number of rotatable bonds is 3. The summed E-state index contributed by atoms with van der Waals surface area (Å²) in [5, 5.41) is 5.89. The summed E-state index contributed by atoms with van der Waals surface area (Å²) in [7, 11) is -2.22. The van der Waals surface area contributed by atoms with Crippen molar-refractivity contribution >= 4 is 21.8 Å². The summed E-state index contributed by atoms with van der Waals surface area (Å²) in [5.41, 5.74) is 0.809. The highest BCUT2D eigenvalue weighted by Gasteiger charge is 2.39. The molecule has 2 aliphatic rings. The molecule has 1 aromatic rings. The van der Waals surface area contributed by atoms with Gasteiger partial charge in [-0.1, -0.05) is 0 Å². The third-order valence-electron chi connectivity index (χ3n) is 5.37. The predicted molar refractivity (Wildman–Crippen MR) is 95.0 cm³/mol. The summed E-state index contributed by atoms with van der Waals surface area (Å²) >= 11 is 0. The van der Waals surface area contributed by atoms with Crippen LogP contribution in [-0.2, 0) is 14.8 Å². The lowest BCUT2D eigenvalue weighted by molar-refractivity contribution is 0.110. The second-order valence-electron chi connectivity index (χ2n) is 6.80. The molecule has 0 unspecified atom stereocenters. The molecule has 0 aromatic heterocycles. The van der Waals surface area contributed by atoms with Gasteiger partial charge in [0.15, 0.2) is 0 Å². The Kier molecular flexibility index (Phi) is 5.31. The van der Waals surface area contributed by atoms with Crippen LogP contribution in [0.2, 0.25) is 0 Å². The fourth-order valence-electron chi connectivity index (χ4n) is 3.69. The topological polar surface area (TPSA) is 87.7 Å². The van der Waals surface area contributed by atoms with Crippen molar-refractivity contribution in [3.05, 3.63) is 24.3 Å². The minimum absolute atomic E-state index is 0.254. The first-order valence-corrected chi connectivity index (χ1v) is 10.1. The second kappa shape index (κ2) is 7.31. The van der Waals surface area contributed by atoms with E-state index >= 15 is 0 Å². The molecule has 2 heterocycles. The number of carbonyl (C=O) groups excluding carboxylic acids is 1. The van der Waals surface area contributed by atoms with Crippen molar-refractivity contribution in [3.63, 3.8) is 0 Å². The molecule has 0 radical (unpaired) electrons. The van der Waals surface area contributed by atoms with Gasteiger partial charge in [0.2, 0.25) is 10.0 Å². The predicted octanol–water partition coefficient (Wildman–Crippen LogP) is 2.02. The number of ether oxygens (including phenoxy) is 1. The number of hydrogen-bond donors (Lipinski definition) is 2. The Labute approximate surface area is 148 Å². The van der Waals surface area contributed by atoms with Crippen molar-refractivity contribution in [2.45, 2.75) is 30.6 Å². The first kappa shape index (κ1) is 18.2. The van der Waals surface area contributed by atoms with Crippen LogP contribution in [0.5, 0.6) is 0 Å². The van der Waals surface area contributed by atoms with E-state index in [0.717, 1.165) is 38.8 Å². The number of piperidine rings is 2. The molecule has 3 rings (SSSR count). The average Bonchev–Trinajstić information content (AvgIpc) is 2.63. The number of carbonyl (C=O) groups is 1. The number of amides is 1. The third kappa shape index (κ3) is 3.96. The summed E-state index contributed by atoms with van der Waals surface area (Å²) in [6.45, 7) is 3.21. The number of benzene rings is 1. The van der Waals surface area contributed by atoms with Crippen LogP contribution in [-0.4, -0.2) is 52.1 Å².